The first-order valence-electron chi connectivity index (χ1n) is 7.04. The van der Waals surface area contributed by atoms with Crippen molar-refractivity contribution in [1.29, 1.82) is 0 Å². The summed E-state index contributed by atoms with van der Waals surface area (Å²) in [4.78, 5) is 25.2. The first-order chi connectivity index (χ1) is 11.6. The van der Waals surface area contributed by atoms with Gasteiger partial charge in [-0.1, -0.05) is 0 Å². The molecule has 1 aromatic heterocycles. The lowest BCUT2D eigenvalue weighted by Crippen LogP contribution is -2.34. The Morgan fingerprint density at radius 1 is 1.28 bits per heavy atom. The molecule has 2 amide bonds. The van der Waals surface area contributed by atoms with Gasteiger partial charge in [-0.05, 0) is 24.3 Å². The third-order valence-electron chi connectivity index (χ3n) is 3.05. The minimum absolute atomic E-state index is 0.228. The van der Waals surface area contributed by atoms with Gasteiger partial charge in [0.2, 0.25) is 5.91 Å². The largest absolute Gasteiger partial charge is 0.573 e. The second-order valence-corrected chi connectivity index (χ2v) is 5.18. The Morgan fingerprint density at radius 2 is 1.92 bits per heavy atom. The van der Waals surface area contributed by atoms with Gasteiger partial charge >= 0.3 is 6.36 Å². The number of nitrogens with zero attached hydrogens (tertiary/aromatic N) is 3. The zero-order valence-corrected chi connectivity index (χ0v) is 13.4. The lowest BCUT2D eigenvalue weighted by atomic mass is 10.3. The van der Waals surface area contributed by atoms with E-state index >= 15 is 0 Å². The van der Waals surface area contributed by atoms with Crippen molar-refractivity contribution in [2.75, 3.05) is 18.9 Å². The van der Waals surface area contributed by atoms with Crippen molar-refractivity contribution in [3.63, 3.8) is 0 Å². The van der Waals surface area contributed by atoms with Gasteiger partial charge in [-0.3, -0.25) is 14.3 Å². The van der Waals surface area contributed by atoms with Crippen molar-refractivity contribution < 1.29 is 27.5 Å². The number of aromatic nitrogens is 2. The maximum Gasteiger partial charge on any atom is 0.573 e. The number of halogens is 3. The van der Waals surface area contributed by atoms with E-state index in [9.17, 15) is 22.8 Å². The van der Waals surface area contributed by atoms with Crippen LogP contribution in [0, 0.1) is 0 Å². The number of alkyl halides is 3. The number of aryl methyl sites for hydroxylation is 1. The predicted molar refractivity (Wildman–Crippen MR) is 81.9 cm³/mol. The Hall–Kier alpha value is -3.04. The first kappa shape index (κ1) is 18.3. The van der Waals surface area contributed by atoms with Crippen LogP contribution in [0.3, 0.4) is 0 Å². The Kier molecular flexibility index (Phi) is 5.30. The third-order valence-corrected chi connectivity index (χ3v) is 3.05. The number of carbonyl (C=O) groups excluding carboxylic acids is 2. The first-order valence-corrected chi connectivity index (χ1v) is 7.04. The molecule has 2 aromatic rings. The van der Waals surface area contributed by atoms with Crippen LogP contribution in [0.1, 0.15) is 10.4 Å². The highest BCUT2D eigenvalue weighted by atomic mass is 19.4. The SMILES string of the molecule is CN(CC(=O)Nc1ccc(OC(F)(F)F)cc1)C(=O)c1cnn(C)c1. The predicted octanol–water partition coefficient (Wildman–Crippen LogP) is 2.03. The highest BCUT2D eigenvalue weighted by molar-refractivity contribution is 5.98. The topological polar surface area (TPSA) is 76.5 Å². The molecule has 0 unspecified atom stereocenters. The summed E-state index contributed by atoms with van der Waals surface area (Å²) < 4.78 is 41.4. The molecule has 7 nitrogen and oxygen atoms in total. The van der Waals surface area contributed by atoms with E-state index in [1.807, 2.05) is 0 Å². The molecule has 1 N–H and O–H groups in total. The second kappa shape index (κ2) is 7.24. The molecule has 2 rings (SSSR count). The van der Waals surface area contributed by atoms with Crippen LogP contribution in [0.5, 0.6) is 5.75 Å². The summed E-state index contributed by atoms with van der Waals surface area (Å²) in [6.45, 7) is -0.228. The Bertz CT molecular complexity index is 756. The number of anilines is 1. The number of likely N-dealkylation sites (N-methyl/N-ethyl adjacent to an activating group) is 1. The molecule has 0 aliphatic rings. The van der Waals surface area contributed by atoms with E-state index in [1.165, 1.54) is 41.2 Å². The van der Waals surface area contributed by atoms with Gasteiger partial charge in [-0.2, -0.15) is 5.10 Å². The summed E-state index contributed by atoms with van der Waals surface area (Å²) in [5, 5.41) is 6.36. The van der Waals surface area contributed by atoms with Crippen molar-refractivity contribution in [1.82, 2.24) is 14.7 Å². The molecule has 1 heterocycles. The van der Waals surface area contributed by atoms with Gasteiger partial charge in [0.25, 0.3) is 5.91 Å². The fourth-order valence-corrected chi connectivity index (χ4v) is 1.98. The van der Waals surface area contributed by atoms with Gasteiger partial charge in [-0.25, -0.2) is 0 Å². The number of rotatable bonds is 5. The number of hydrogen-bond donors (Lipinski definition) is 1. The van der Waals surface area contributed by atoms with Crippen molar-refractivity contribution in [3.05, 3.63) is 42.2 Å². The Morgan fingerprint density at radius 3 is 2.44 bits per heavy atom. The monoisotopic (exact) mass is 356 g/mol. The second-order valence-electron chi connectivity index (χ2n) is 5.18. The summed E-state index contributed by atoms with van der Waals surface area (Å²) in [6, 6.07) is 4.69. The van der Waals surface area contributed by atoms with Crippen molar-refractivity contribution in [3.8, 4) is 5.75 Å². The molecule has 0 aliphatic carbocycles. The molecule has 1 aromatic carbocycles. The van der Waals surface area contributed by atoms with E-state index < -0.39 is 18.0 Å². The number of hydrogen-bond acceptors (Lipinski definition) is 4. The lowest BCUT2D eigenvalue weighted by molar-refractivity contribution is -0.274. The van der Waals surface area contributed by atoms with Crippen molar-refractivity contribution >= 4 is 17.5 Å². The van der Waals surface area contributed by atoms with E-state index in [4.69, 9.17) is 0 Å². The van der Waals surface area contributed by atoms with E-state index in [2.05, 4.69) is 15.2 Å². The molecular weight excluding hydrogens is 341 g/mol. The molecule has 0 aliphatic heterocycles. The van der Waals surface area contributed by atoms with Crippen LogP contribution < -0.4 is 10.1 Å². The summed E-state index contributed by atoms with van der Waals surface area (Å²) >= 11 is 0. The van der Waals surface area contributed by atoms with Crippen LogP contribution in [0.25, 0.3) is 0 Å². The molecule has 0 saturated carbocycles. The van der Waals surface area contributed by atoms with E-state index in [0.717, 1.165) is 12.1 Å². The summed E-state index contributed by atoms with van der Waals surface area (Å²) in [6.07, 6.45) is -1.87. The minimum Gasteiger partial charge on any atom is -0.406 e. The molecule has 10 heteroatoms. The fourth-order valence-electron chi connectivity index (χ4n) is 1.98. The molecule has 134 valence electrons. The molecule has 0 atom stereocenters. The third kappa shape index (κ3) is 5.52. The van der Waals surface area contributed by atoms with Crippen LogP contribution >= 0.6 is 0 Å². The van der Waals surface area contributed by atoms with Gasteiger partial charge < -0.3 is 15.0 Å². The van der Waals surface area contributed by atoms with Crippen LogP contribution in [-0.2, 0) is 11.8 Å². The molecule has 0 radical (unpaired) electrons. The van der Waals surface area contributed by atoms with Gasteiger partial charge in [0.1, 0.15) is 5.75 Å². The van der Waals surface area contributed by atoms with Gasteiger partial charge in [0.15, 0.2) is 0 Å². The molecule has 0 bridgehead atoms. The van der Waals surface area contributed by atoms with E-state index in [0.29, 0.717) is 5.56 Å². The fraction of sp³-hybridized carbons (Fsp3) is 0.267. The van der Waals surface area contributed by atoms with E-state index in [-0.39, 0.29) is 18.1 Å². The Labute approximate surface area is 141 Å². The summed E-state index contributed by atoms with van der Waals surface area (Å²) in [7, 11) is 3.12. The number of nitrogens with one attached hydrogen (secondary N) is 1. The average Bonchev–Trinajstić information content (AvgIpc) is 2.93. The number of benzene rings is 1. The summed E-state index contributed by atoms with van der Waals surface area (Å²) in [5.74, 6) is -1.27. The average molecular weight is 356 g/mol. The molecule has 0 saturated heterocycles. The number of carbonyl (C=O) groups is 2. The van der Waals surface area contributed by atoms with Crippen LogP contribution in [0.15, 0.2) is 36.7 Å². The van der Waals surface area contributed by atoms with Gasteiger partial charge in [-0.15, -0.1) is 13.2 Å². The zero-order chi connectivity index (χ0) is 18.6. The quantitative estimate of drug-likeness (QED) is 0.889. The standard InChI is InChI=1S/C15H15F3N4O3/c1-21(14(24)10-7-19-22(2)8-10)9-13(23)20-11-3-5-12(6-4-11)25-15(16,17)18/h3-8H,9H2,1-2H3,(H,20,23). The zero-order valence-electron chi connectivity index (χ0n) is 13.4. The van der Waals surface area contributed by atoms with Crippen molar-refractivity contribution in [2.24, 2.45) is 7.05 Å². The van der Waals surface area contributed by atoms with Gasteiger partial charge in [0, 0.05) is 26.0 Å². The number of ether oxygens (including phenoxy) is 1. The maximum absolute atomic E-state index is 12.1. The van der Waals surface area contributed by atoms with Gasteiger partial charge in [0.05, 0.1) is 18.3 Å². The lowest BCUT2D eigenvalue weighted by Gasteiger charge is -2.16. The van der Waals surface area contributed by atoms with E-state index in [1.54, 1.807) is 7.05 Å². The highest BCUT2D eigenvalue weighted by Crippen LogP contribution is 2.23. The highest BCUT2D eigenvalue weighted by Gasteiger charge is 2.31. The molecular formula is C15H15F3N4O3. The maximum atomic E-state index is 12.1. The van der Waals surface area contributed by atoms with Crippen molar-refractivity contribution in [2.45, 2.75) is 6.36 Å². The normalized spacial score (nSPS) is 11.1. The minimum atomic E-state index is -4.78. The summed E-state index contributed by atoms with van der Waals surface area (Å²) in [5.41, 5.74) is 0.619. The van der Waals surface area contributed by atoms with Crippen LogP contribution in [0.2, 0.25) is 0 Å². The Balaban J connectivity index is 1.90. The van der Waals surface area contributed by atoms with Crippen LogP contribution in [-0.4, -0.2) is 46.4 Å². The molecule has 0 spiro atoms. The van der Waals surface area contributed by atoms with Crippen LogP contribution in [0.4, 0.5) is 18.9 Å². The molecule has 0 fully saturated rings. The molecule has 25 heavy (non-hydrogen) atoms. The smallest absolute Gasteiger partial charge is 0.406 e. The number of amides is 2.